The summed E-state index contributed by atoms with van der Waals surface area (Å²) in [5.74, 6) is 1.10. The number of hydrogen-bond donors (Lipinski definition) is 2. The van der Waals surface area contributed by atoms with Crippen molar-refractivity contribution in [1.29, 1.82) is 0 Å². The summed E-state index contributed by atoms with van der Waals surface area (Å²) in [5, 5.41) is 18.2. The Kier molecular flexibility index (Phi) is 6.05. The van der Waals surface area contributed by atoms with Gasteiger partial charge in [0, 0.05) is 18.3 Å². The highest BCUT2D eigenvalue weighted by Crippen LogP contribution is 2.08. The Morgan fingerprint density at radius 1 is 1.41 bits per heavy atom. The summed E-state index contributed by atoms with van der Waals surface area (Å²) in [4.78, 5) is 2.26. The molecule has 0 radical (unpaired) electrons. The number of hydrogen-bond acceptors (Lipinski definition) is 4. The lowest BCUT2D eigenvalue weighted by atomic mass is 9.79. The zero-order valence-electron chi connectivity index (χ0n) is 10.6. The van der Waals surface area contributed by atoms with E-state index in [0.29, 0.717) is 11.5 Å². The Morgan fingerprint density at radius 2 is 2.12 bits per heavy atom. The lowest BCUT2D eigenvalue weighted by molar-refractivity contribution is 0.270. The molecule has 0 aromatic heterocycles. The van der Waals surface area contributed by atoms with Gasteiger partial charge in [-0.25, -0.2) is 0 Å². The van der Waals surface area contributed by atoms with Crippen molar-refractivity contribution in [3.8, 4) is 0 Å². The Hall–Kier alpha value is -0.485. The lowest BCUT2D eigenvalue weighted by Crippen LogP contribution is -2.32. The van der Waals surface area contributed by atoms with Crippen LogP contribution in [0.2, 0.25) is 0 Å². The first kappa shape index (κ1) is 14.6. The van der Waals surface area contributed by atoms with Gasteiger partial charge in [-0.15, -0.1) is 0 Å². The molecule has 0 saturated heterocycles. The molecule has 1 aromatic rings. The quantitative estimate of drug-likeness (QED) is 0.727. The van der Waals surface area contributed by atoms with Crippen LogP contribution in [0.5, 0.6) is 0 Å². The molecule has 5 heteroatoms. The van der Waals surface area contributed by atoms with E-state index in [1.165, 1.54) is 0 Å². The highest BCUT2D eigenvalue weighted by molar-refractivity contribution is 7.98. The number of rotatable bonds is 6. The Morgan fingerprint density at radius 3 is 2.71 bits per heavy atom. The first-order valence-corrected chi connectivity index (χ1v) is 7.08. The minimum atomic E-state index is -1.39. The first-order valence-electron chi connectivity index (χ1n) is 5.68. The number of benzene rings is 1. The highest BCUT2D eigenvalue weighted by atomic mass is 32.2. The second-order valence-corrected chi connectivity index (χ2v) is 5.25. The average Bonchev–Trinajstić information content (AvgIpc) is 2.29. The second kappa shape index (κ2) is 7.06. The van der Waals surface area contributed by atoms with E-state index in [-0.39, 0.29) is 0 Å². The molecule has 0 aliphatic heterocycles. The average molecular weight is 253 g/mol. The van der Waals surface area contributed by atoms with E-state index in [1.807, 2.05) is 30.0 Å². The fraction of sp³-hybridized carbons (Fsp3) is 0.500. The predicted octanol–water partition coefficient (Wildman–Crippen LogP) is 0.550. The van der Waals surface area contributed by atoms with Crippen LogP contribution < -0.4 is 5.46 Å². The number of thioether (sulfide) groups is 1. The van der Waals surface area contributed by atoms with Gasteiger partial charge in [-0.05, 0) is 31.3 Å². The van der Waals surface area contributed by atoms with Gasteiger partial charge in [-0.2, -0.15) is 11.8 Å². The van der Waals surface area contributed by atoms with Crippen LogP contribution in [0.25, 0.3) is 0 Å². The van der Waals surface area contributed by atoms with Gasteiger partial charge in [-0.1, -0.05) is 24.3 Å². The van der Waals surface area contributed by atoms with Gasteiger partial charge >= 0.3 is 7.12 Å². The Bertz CT molecular complexity index is 349. The van der Waals surface area contributed by atoms with Crippen LogP contribution in [0, 0.1) is 0 Å². The molecule has 0 spiro atoms. The van der Waals surface area contributed by atoms with Crippen LogP contribution in [0.4, 0.5) is 0 Å². The molecule has 3 nitrogen and oxygen atoms in total. The molecule has 0 heterocycles. The summed E-state index contributed by atoms with van der Waals surface area (Å²) >= 11 is 1.83. The van der Waals surface area contributed by atoms with Gasteiger partial charge in [0.15, 0.2) is 0 Å². The third-order valence-electron chi connectivity index (χ3n) is 2.84. The van der Waals surface area contributed by atoms with Crippen LogP contribution in [-0.2, 0) is 6.54 Å². The maximum absolute atomic E-state index is 9.11. The lowest BCUT2D eigenvalue weighted by Gasteiger charge is -2.24. The molecule has 0 saturated carbocycles. The van der Waals surface area contributed by atoms with Crippen molar-refractivity contribution in [2.24, 2.45) is 0 Å². The van der Waals surface area contributed by atoms with Gasteiger partial charge in [-0.3, -0.25) is 4.90 Å². The summed E-state index contributed by atoms with van der Waals surface area (Å²) in [6.45, 7) is 3.02. The molecule has 1 atom stereocenters. The molecule has 1 aromatic carbocycles. The first-order chi connectivity index (χ1) is 8.04. The molecule has 0 aliphatic carbocycles. The fourth-order valence-electron chi connectivity index (χ4n) is 1.66. The fourth-order valence-corrected chi connectivity index (χ4v) is 2.40. The van der Waals surface area contributed by atoms with E-state index in [4.69, 9.17) is 10.0 Å². The summed E-state index contributed by atoms with van der Waals surface area (Å²) in [5.41, 5.74) is 1.65. The molecule has 0 aliphatic rings. The van der Waals surface area contributed by atoms with Gasteiger partial charge in [0.2, 0.25) is 0 Å². The van der Waals surface area contributed by atoms with E-state index in [0.717, 1.165) is 17.9 Å². The highest BCUT2D eigenvalue weighted by Gasteiger charge is 2.13. The van der Waals surface area contributed by atoms with E-state index >= 15 is 0 Å². The van der Waals surface area contributed by atoms with Gasteiger partial charge < -0.3 is 10.0 Å². The third kappa shape index (κ3) is 4.72. The zero-order valence-corrected chi connectivity index (χ0v) is 11.4. The summed E-state index contributed by atoms with van der Waals surface area (Å²) in [6, 6.07) is 7.94. The Labute approximate surface area is 108 Å². The van der Waals surface area contributed by atoms with E-state index < -0.39 is 7.12 Å². The molecule has 1 rings (SSSR count). The van der Waals surface area contributed by atoms with Crippen LogP contribution in [0.3, 0.4) is 0 Å². The van der Waals surface area contributed by atoms with Crippen molar-refractivity contribution in [1.82, 2.24) is 4.90 Å². The molecule has 0 amide bonds. The molecule has 1 unspecified atom stereocenters. The molecule has 94 valence electrons. The normalized spacial score (nSPS) is 12.8. The SMILES string of the molecule is CSCC(C)N(C)Cc1cccc(B(O)O)c1. The van der Waals surface area contributed by atoms with E-state index in [9.17, 15) is 0 Å². The van der Waals surface area contributed by atoms with Gasteiger partial charge in [0.05, 0.1) is 0 Å². The molecule has 0 bridgehead atoms. The largest absolute Gasteiger partial charge is 0.488 e. The molecule has 2 N–H and O–H groups in total. The zero-order chi connectivity index (χ0) is 12.8. The van der Waals surface area contributed by atoms with Crippen LogP contribution in [0.15, 0.2) is 24.3 Å². The van der Waals surface area contributed by atoms with Crippen molar-refractivity contribution in [3.05, 3.63) is 29.8 Å². The van der Waals surface area contributed by atoms with Crippen molar-refractivity contribution in [2.75, 3.05) is 19.1 Å². The molecular formula is C12H20BNO2S. The molecular weight excluding hydrogens is 233 g/mol. The second-order valence-electron chi connectivity index (χ2n) is 4.34. The monoisotopic (exact) mass is 253 g/mol. The minimum Gasteiger partial charge on any atom is -0.423 e. The maximum atomic E-state index is 9.11. The summed E-state index contributed by atoms with van der Waals surface area (Å²) in [7, 11) is 0.701. The third-order valence-corrected chi connectivity index (χ3v) is 3.66. The van der Waals surface area contributed by atoms with E-state index in [1.54, 1.807) is 6.07 Å². The molecule has 0 fully saturated rings. The smallest absolute Gasteiger partial charge is 0.423 e. The predicted molar refractivity (Wildman–Crippen MR) is 75.6 cm³/mol. The standard InChI is InChI=1S/C12H20BNO2S/c1-10(9-17-3)14(2)8-11-5-4-6-12(7-11)13(15)16/h4-7,10,15-16H,8-9H2,1-3H3. The summed E-state index contributed by atoms with van der Waals surface area (Å²) in [6.07, 6.45) is 2.10. The minimum absolute atomic E-state index is 0.507. The topological polar surface area (TPSA) is 43.7 Å². The van der Waals surface area contributed by atoms with Crippen molar-refractivity contribution in [2.45, 2.75) is 19.5 Å². The van der Waals surface area contributed by atoms with Crippen LogP contribution >= 0.6 is 11.8 Å². The molecule has 17 heavy (non-hydrogen) atoms. The van der Waals surface area contributed by atoms with Crippen molar-refractivity contribution in [3.63, 3.8) is 0 Å². The Balaban J connectivity index is 2.64. The maximum Gasteiger partial charge on any atom is 0.488 e. The summed E-state index contributed by atoms with van der Waals surface area (Å²) < 4.78 is 0. The van der Waals surface area contributed by atoms with E-state index in [2.05, 4.69) is 25.1 Å². The van der Waals surface area contributed by atoms with Crippen LogP contribution in [-0.4, -0.2) is 47.2 Å². The van der Waals surface area contributed by atoms with Gasteiger partial charge in [0.1, 0.15) is 0 Å². The van der Waals surface area contributed by atoms with Crippen molar-refractivity contribution >= 4 is 24.3 Å². The van der Waals surface area contributed by atoms with Crippen molar-refractivity contribution < 1.29 is 10.0 Å². The van der Waals surface area contributed by atoms with Crippen LogP contribution in [0.1, 0.15) is 12.5 Å². The van der Waals surface area contributed by atoms with Gasteiger partial charge in [0.25, 0.3) is 0 Å². The number of nitrogens with zero attached hydrogens (tertiary/aromatic N) is 1.